The Morgan fingerprint density at radius 2 is 1.83 bits per heavy atom. The number of nitrogens with zero attached hydrogens (tertiary/aromatic N) is 2. The van der Waals surface area contributed by atoms with Gasteiger partial charge >= 0.3 is 0 Å². The molecule has 2 saturated heterocycles. The average molecular weight is 344 g/mol. The van der Waals surface area contributed by atoms with Crippen LogP contribution in [-0.4, -0.2) is 47.9 Å². The van der Waals surface area contributed by atoms with Gasteiger partial charge in [-0.05, 0) is 6.92 Å². The number of carbonyl (C=O) groups is 1. The van der Waals surface area contributed by atoms with Crippen molar-refractivity contribution in [1.82, 2.24) is 9.88 Å². The maximum atomic E-state index is 12.9. The topological polar surface area (TPSA) is 51.7 Å². The molecular weight excluding hydrogens is 324 g/mol. The van der Waals surface area contributed by atoms with E-state index >= 15 is 0 Å². The Morgan fingerprint density at radius 3 is 2.50 bits per heavy atom. The van der Waals surface area contributed by atoms with E-state index in [1.54, 1.807) is 11.3 Å². The molecular formula is C18H20N2O3S. The number of amides is 1. The number of piperidine rings is 1. The fourth-order valence-corrected chi connectivity index (χ4v) is 4.20. The Bertz CT molecular complexity index is 728. The molecule has 2 aromatic rings. The lowest BCUT2D eigenvalue weighted by Crippen LogP contribution is -2.47. The van der Waals surface area contributed by atoms with Crippen molar-refractivity contribution in [2.75, 3.05) is 26.3 Å². The van der Waals surface area contributed by atoms with Gasteiger partial charge in [-0.15, -0.1) is 11.3 Å². The molecule has 2 aliphatic rings. The Kier molecular flexibility index (Phi) is 4.12. The summed E-state index contributed by atoms with van der Waals surface area (Å²) < 4.78 is 11.5. The average Bonchev–Trinajstić information content (AvgIpc) is 3.23. The minimum atomic E-state index is -0.455. The van der Waals surface area contributed by atoms with Crippen LogP contribution in [0.1, 0.15) is 28.2 Å². The van der Waals surface area contributed by atoms with E-state index in [0.29, 0.717) is 32.0 Å². The van der Waals surface area contributed by atoms with Crippen LogP contribution < -0.4 is 0 Å². The van der Waals surface area contributed by atoms with E-state index < -0.39 is 5.79 Å². The molecule has 126 valence electrons. The lowest BCUT2D eigenvalue weighted by atomic mass is 10.0. The highest BCUT2D eigenvalue weighted by Gasteiger charge is 2.41. The molecule has 0 atom stereocenters. The Labute approximate surface area is 145 Å². The highest BCUT2D eigenvalue weighted by molar-refractivity contribution is 7.15. The highest BCUT2D eigenvalue weighted by Crippen LogP contribution is 2.33. The number of carbonyl (C=O) groups excluding carboxylic acids is 1. The predicted octanol–water partition coefficient (Wildman–Crippen LogP) is 3.10. The molecule has 24 heavy (non-hydrogen) atoms. The minimum absolute atomic E-state index is 0.0128. The number of ether oxygens (including phenoxy) is 2. The third-order valence-corrected chi connectivity index (χ3v) is 5.67. The first-order valence-corrected chi connectivity index (χ1v) is 9.09. The number of aryl methyl sites for hydroxylation is 1. The first-order valence-electron chi connectivity index (χ1n) is 8.27. The van der Waals surface area contributed by atoms with Crippen LogP contribution in [0.2, 0.25) is 0 Å². The number of thiazole rings is 1. The standard InChI is InChI=1S/C18H20N2O3S/c1-13-15(19-16(24-13)14-5-3-2-4-6-14)17(21)20-9-7-18(8-10-20)22-11-12-23-18/h2-6H,7-12H2,1H3. The first kappa shape index (κ1) is 15.7. The van der Waals surface area contributed by atoms with Gasteiger partial charge < -0.3 is 14.4 Å². The lowest BCUT2D eigenvalue weighted by molar-refractivity contribution is -0.181. The van der Waals surface area contributed by atoms with Gasteiger partial charge in [-0.25, -0.2) is 4.98 Å². The quantitative estimate of drug-likeness (QED) is 0.840. The fraction of sp³-hybridized carbons (Fsp3) is 0.444. The lowest BCUT2D eigenvalue weighted by Gasteiger charge is -2.37. The molecule has 4 rings (SSSR count). The van der Waals surface area contributed by atoms with Crippen molar-refractivity contribution in [3.8, 4) is 10.6 Å². The van der Waals surface area contributed by atoms with E-state index in [0.717, 1.165) is 28.3 Å². The van der Waals surface area contributed by atoms with E-state index in [9.17, 15) is 4.79 Å². The van der Waals surface area contributed by atoms with Gasteiger partial charge in [-0.2, -0.15) is 0 Å². The summed E-state index contributed by atoms with van der Waals surface area (Å²) in [7, 11) is 0. The summed E-state index contributed by atoms with van der Waals surface area (Å²) in [5.74, 6) is -0.443. The minimum Gasteiger partial charge on any atom is -0.347 e. The normalized spacial score (nSPS) is 19.8. The van der Waals surface area contributed by atoms with Crippen LogP contribution in [0, 0.1) is 6.92 Å². The second-order valence-electron chi connectivity index (χ2n) is 6.19. The van der Waals surface area contributed by atoms with Crippen molar-refractivity contribution in [3.63, 3.8) is 0 Å². The van der Waals surface area contributed by atoms with Crippen LogP contribution in [0.5, 0.6) is 0 Å². The summed E-state index contributed by atoms with van der Waals surface area (Å²) in [6.45, 7) is 4.57. The molecule has 2 aliphatic heterocycles. The van der Waals surface area contributed by atoms with E-state index in [-0.39, 0.29) is 5.91 Å². The van der Waals surface area contributed by atoms with Gasteiger partial charge in [0.15, 0.2) is 5.79 Å². The second kappa shape index (κ2) is 6.27. The largest absolute Gasteiger partial charge is 0.347 e. The second-order valence-corrected chi connectivity index (χ2v) is 7.39. The third-order valence-electron chi connectivity index (χ3n) is 4.65. The number of hydrogen-bond acceptors (Lipinski definition) is 5. The van der Waals surface area contributed by atoms with Crippen LogP contribution in [0.3, 0.4) is 0 Å². The number of likely N-dealkylation sites (tertiary alicyclic amines) is 1. The van der Waals surface area contributed by atoms with Crippen molar-refractivity contribution >= 4 is 17.2 Å². The molecule has 6 heteroatoms. The van der Waals surface area contributed by atoms with Crippen LogP contribution >= 0.6 is 11.3 Å². The smallest absolute Gasteiger partial charge is 0.273 e. The zero-order valence-corrected chi connectivity index (χ0v) is 14.5. The van der Waals surface area contributed by atoms with Gasteiger partial charge in [-0.3, -0.25) is 4.79 Å². The van der Waals surface area contributed by atoms with E-state index in [2.05, 4.69) is 4.98 Å². The molecule has 0 bridgehead atoms. The maximum Gasteiger partial charge on any atom is 0.273 e. The molecule has 5 nitrogen and oxygen atoms in total. The van der Waals surface area contributed by atoms with E-state index in [1.165, 1.54) is 0 Å². The van der Waals surface area contributed by atoms with Crippen LogP contribution in [0.4, 0.5) is 0 Å². The molecule has 0 saturated carbocycles. The molecule has 0 N–H and O–H groups in total. The van der Waals surface area contributed by atoms with E-state index in [4.69, 9.17) is 9.47 Å². The number of aromatic nitrogens is 1. The van der Waals surface area contributed by atoms with Gasteiger partial charge in [0.2, 0.25) is 0 Å². The summed E-state index contributed by atoms with van der Waals surface area (Å²) in [6.07, 6.45) is 1.46. The summed E-state index contributed by atoms with van der Waals surface area (Å²) >= 11 is 1.57. The SMILES string of the molecule is Cc1sc(-c2ccccc2)nc1C(=O)N1CCC2(CC1)OCCO2. The molecule has 1 aromatic heterocycles. The molecule has 1 spiro atoms. The number of benzene rings is 1. The fourth-order valence-electron chi connectivity index (χ4n) is 3.29. The molecule has 1 aromatic carbocycles. The van der Waals surface area contributed by atoms with Crippen molar-refractivity contribution in [2.45, 2.75) is 25.6 Å². The molecule has 1 amide bonds. The zero-order valence-electron chi connectivity index (χ0n) is 13.7. The van der Waals surface area contributed by atoms with Crippen LogP contribution in [0.15, 0.2) is 30.3 Å². The predicted molar refractivity (Wildman–Crippen MR) is 92.1 cm³/mol. The van der Waals surface area contributed by atoms with Gasteiger partial charge in [0.1, 0.15) is 10.7 Å². The monoisotopic (exact) mass is 344 g/mol. The molecule has 0 aliphatic carbocycles. The van der Waals surface area contributed by atoms with Crippen molar-refractivity contribution in [1.29, 1.82) is 0 Å². The number of hydrogen-bond donors (Lipinski definition) is 0. The summed E-state index contributed by atoms with van der Waals surface area (Å²) in [4.78, 5) is 20.3. The van der Waals surface area contributed by atoms with E-state index in [1.807, 2.05) is 42.2 Å². The molecule has 0 radical (unpaired) electrons. The Balaban J connectivity index is 1.50. The van der Waals surface area contributed by atoms with Gasteiger partial charge in [0.25, 0.3) is 5.91 Å². The Morgan fingerprint density at radius 1 is 1.17 bits per heavy atom. The third kappa shape index (κ3) is 2.85. The number of rotatable bonds is 2. The molecule has 0 unspecified atom stereocenters. The van der Waals surface area contributed by atoms with Crippen molar-refractivity contribution in [2.24, 2.45) is 0 Å². The highest BCUT2D eigenvalue weighted by atomic mass is 32.1. The summed E-state index contributed by atoms with van der Waals surface area (Å²) in [6, 6.07) is 9.99. The van der Waals surface area contributed by atoms with Gasteiger partial charge in [0.05, 0.1) is 13.2 Å². The maximum absolute atomic E-state index is 12.9. The Hall–Kier alpha value is -1.76. The van der Waals surface area contributed by atoms with Gasteiger partial charge in [0, 0.05) is 36.4 Å². The van der Waals surface area contributed by atoms with Crippen molar-refractivity contribution in [3.05, 3.63) is 40.9 Å². The zero-order chi connectivity index (χ0) is 16.6. The van der Waals surface area contributed by atoms with Gasteiger partial charge in [-0.1, -0.05) is 30.3 Å². The first-order chi connectivity index (χ1) is 11.7. The molecule has 3 heterocycles. The van der Waals surface area contributed by atoms with Crippen LogP contribution in [-0.2, 0) is 9.47 Å². The van der Waals surface area contributed by atoms with Crippen molar-refractivity contribution < 1.29 is 14.3 Å². The summed E-state index contributed by atoms with van der Waals surface area (Å²) in [5, 5.41) is 0.896. The van der Waals surface area contributed by atoms with Crippen LogP contribution in [0.25, 0.3) is 10.6 Å². The summed E-state index contributed by atoms with van der Waals surface area (Å²) in [5.41, 5.74) is 1.62. The molecule has 2 fully saturated rings.